The van der Waals surface area contributed by atoms with E-state index in [0.29, 0.717) is 43.4 Å². The molecular formula is C31H33F3N6O5S. The number of alkyl halides is 3. The second-order valence-electron chi connectivity index (χ2n) is 12.8. The van der Waals surface area contributed by atoms with Gasteiger partial charge in [0.25, 0.3) is 5.91 Å². The molecule has 2 saturated heterocycles. The Bertz CT molecular complexity index is 1650. The number of fused-ring (bicyclic) bond motifs is 1. The molecule has 1 aromatic carbocycles. The highest BCUT2D eigenvalue weighted by Gasteiger charge is 2.51. The van der Waals surface area contributed by atoms with Crippen LogP contribution in [0.1, 0.15) is 57.9 Å². The van der Waals surface area contributed by atoms with E-state index in [9.17, 15) is 27.6 Å². The monoisotopic (exact) mass is 658 g/mol. The SMILES string of the molecule is CC(C)(C)OC(=O)N1CCNCC1C(=O)C1CCc2cc(N3C(=S)N(c4cnc(C#N)c(C(F)(F)F)c4)C(=O)C3(C)C)ccc2O1. The molecule has 0 radical (unpaired) electrons. The highest BCUT2D eigenvalue weighted by Crippen LogP contribution is 2.41. The van der Waals surface area contributed by atoms with Gasteiger partial charge >= 0.3 is 12.3 Å². The Morgan fingerprint density at radius 1 is 1.20 bits per heavy atom. The maximum Gasteiger partial charge on any atom is 0.419 e. The summed E-state index contributed by atoms with van der Waals surface area (Å²) >= 11 is 5.63. The number of nitriles is 1. The Balaban J connectivity index is 1.37. The number of aromatic nitrogens is 1. The normalized spacial score (nSPS) is 21.4. The maximum absolute atomic E-state index is 13.7. The molecule has 0 saturated carbocycles. The molecule has 4 heterocycles. The molecule has 3 aliphatic heterocycles. The van der Waals surface area contributed by atoms with E-state index in [-0.39, 0.29) is 23.1 Å². The first-order valence-electron chi connectivity index (χ1n) is 14.6. The van der Waals surface area contributed by atoms with E-state index in [1.54, 1.807) is 57.7 Å². The number of hydrogen-bond acceptors (Lipinski definition) is 9. The first kappa shape index (κ1) is 33.1. The van der Waals surface area contributed by atoms with Crippen LogP contribution in [-0.2, 0) is 26.9 Å². The van der Waals surface area contributed by atoms with Gasteiger partial charge in [0.2, 0.25) is 0 Å². The van der Waals surface area contributed by atoms with Gasteiger partial charge in [-0.15, -0.1) is 0 Å². The number of benzene rings is 1. The fourth-order valence-corrected chi connectivity index (χ4v) is 6.29. The van der Waals surface area contributed by atoms with Crippen LogP contribution in [0.25, 0.3) is 0 Å². The summed E-state index contributed by atoms with van der Waals surface area (Å²) in [5.74, 6) is -0.365. The lowest BCUT2D eigenvalue weighted by molar-refractivity contribution is -0.138. The van der Waals surface area contributed by atoms with Crippen LogP contribution in [0.2, 0.25) is 0 Å². The van der Waals surface area contributed by atoms with Gasteiger partial charge < -0.3 is 19.7 Å². The minimum absolute atomic E-state index is 0.0635. The van der Waals surface area contributed by atoms with Crippen LogP contribution in [0, 0.1) is 11.3 Å². The van der Waals surface area contributed by atoms with Crippen molar-refractivity contribution < 1.29 is 37.0 Å². The van der Waals surface area contributed by atoms with Crippen molar-refractivity contribution in [2.24, 2.45) is 0 Å². The Kier molecular flexibility index (Phi) is 8.50. The molecular weight excluding hydrogens is 625 g/mol. The number of nitrogens with one attached hydrogen (secondary N) is 1. The molecule has 0 spiro atoms. The van der Waals surface area contributed by atoms with E-state index in [0.717, 1.165) is 16.7 Å². The molecule has 3 aliphatic rings. The summed E-state index contributed by atoms with van der Waals surface area (Å²) in [6.07, 6.45) is -4.44. The summed E-state index contributed by atoms with van der Waals surface area (Å²) < 4.78 is 52.6. The van der Waals surface area contributed by atoms with E-state index in [2.05, 4.69) is 10.3 Å². The van der Waals surface area contributed by atoms with Gasteiger partial charge in [0, 0.05) is 25.3 Å². The highest BCUT2D eigenvalue weighted by atomic mass is 32.1. The number of aryl methyl sites for hydroxylation is 1. The zero-order valence-corrected chi connectivity index (χ0v) is 26.7. The molecule has 11 nitrogen and oxygen atoms in total. The first-order valence-corrected chi connectivity index (χ1v) is 15.0. The van der Waals surface area contributed by atoms with Crippen LogP contribution in [-0.4, -0.2) is 75.7 Å². The smallest absolute Gasteiger partial charge is 0.419 e. The average Bonchev–Trinajstić information content (AvgIpc) is 3.17. The van der Waals surface area contributed by atoms with E-state index >= 15 is 0 Å². The Hall–Kier alpha value is -4.29. The average molecular weight is 659 g/mol. The summed E-state index contributed by atoms with van der Waals surface area (Å²) in [4.78, 5) is 47.6. The molecule has 5 rings (SSSR count). The number of ether oxygens (including phenoxy) is 2. The number of carbonyl (C=O) groups is 3. The fourth-order valence-electron chi connectivity index (χ4n) is 5.76. The van der Waals surface area contributed by atoms with Crippen LogP contribution < -0.4 is 19.9 Å². The maximum atomic E-state index is 13.7. The zero-order valence-electron chi connectivity index (χ0n) is 25.9. The lowest BCUT2D eigenvalue weighted by Crippen LogP contribution is -2.60. The Labute approximate surface area is 269 Å². The first-order chi connectivity index (χ1) is 21.4. The lowest BCUT2D eigenvalue weighted by atomic mass is 9.94. The van der Waals surface area contributed by atoms with Crippen LogP contribution in [0.5, 0.6) is 5.75 Å². The van der Waals surface area contributed by atoms with Gasteiger partial charge in [-0.25, -0.2) is 9.78 Å². The number of piperazine rings is 1. The number of halogens is 3. The molecule has 2 fully saturated rings. The zero-order chi connectivity index (χ0) is 33.8. The minimum atomic E-state index is -4.87. The van der Waals surface area contributed by atoms with Gasteiger partial charge in [-0.2, -0.15) is 18.4 Å². The van der Waals surface area contributed by atoms with Crippen molar-refractivity contribution in [3.8, 4) is 11.8 Å². The number of nitrogens with zero attached hydrogens (tertiary/aromatic N) is 5. The summed E-state index contributed by atoms with van der Waals surface area (Å²) in [7, 11) is 0. The molecule has 2 unspecified atom stereocenters. The molecule has 2 atom stereocenters. The van der Waals surface area contributed by atoms with E-state index in [4.69, 9.17) is 27.0 Å². The van der Waals surface area contributed by atoms with Crippen molar-refractivity contribution in [2.45, 2.75) is 76.9 Å². The topological polar surface area (TPSA) is 128 Å². The number of carbonyl (C=O) groups excluding carboxylic acids is 3. The molecule has 1 N–H and O–H groups in total. The third kappa shape index (κ3) is 6.11. The van der Waals surface area contributed by atoms with Gasteiger partial charge in [0.1, 0.15) is 29.0 Å². The van der Waals surface area contributed by atoms with Gasteiger partial charge in [0.15, 0.2) is 22.7 Å². The number of thiocarbonyl (C=S) groups is 1. The van der Waals surface area contributed by atoms with Crippen LogP contribution in [0.4, 0.5) is 29.3 Å². The number of Topliss-reactive ketones (excluding diaryl/α,β-unsaturated/α-hetero) is 1. The molecule has 15 heteroatoms. The third-order valence-corrected chi connectivity index (χ3v) is 8.34. The predicted molar refractivity (Wildman–Crippen MR) is 164 cm³/mol. The summed E-state index contributed by atoms with van der Waals surface area (Å²) in [6, 6.07) is 6.45. The standard InChI is InChI=1S/C31H33F3N6O5S/c1-29(2,3)45-28(43)38-11-10-36-16-22(38)25(41)24-8-6-17-12-18(7-9-23(17)44-24)40-27(46)39(26(42)30(40,4)5)19-13-20(31(32,33)34)21(14-35)37-15-19/h7,9,12-13,15,22,24,36H,6,8,10-11,16H2,1-5H3. The summed E-state index contributed by atoms with van der Waals surface area (Å²) in [6.45, 7) is 9.60. The van der Waals surface area contributed by atoms with Gasteiger partial charge in [-0.05, 0) is 89.5 Å². The largest absolute Gasteiger partial charge is 0.482 e. The number of amides is 2. The summed E-state index contributed by atoms with van der Waals surface area (Å²) in [5.41, 5.74) is -3.05. The van der Waals surface area contributed by atoms with E-state index < -0.39 is 52.7 Å². The van der Waals surface area contributed by atoms with Crippen molar-refractivity contribution in [1.29, 1.82) is 5.26 Å². The number of anilines is 2. The van der Waals surface area contributed by atoms with E-state index in [1.807, 2.05) is 0 Å². The van der Waals surface area contributed by atoms with Crippen LogP contribution in [0.15, 0.2) is 30.5 Å². The summed E-state index contributed by atoms with van der Waals surface area (Å²) in [5, 5.41) is 12.2. The highest BCUT2D eigenvalue weighted by molar-refractivity contribution is 7.81. The third-order valence-electron chi connectivity index (χ3n) is 7.98. The second kappa shape index (κ2) is 11.8. The number of pyridine rings is 1. The van der Waals surface area contributed by atoms with Crippen LogP contribution >= 0.6 is 12.2 Å². The fraction of sp³-hybridized carbons (Fsp3) is 0.484. The molecule has 0 aliphatic carbocycles. The van der Waals surface area contributed by atoms with Crippen LogP contribution in [0.3, 0.4) is 0 Å². The number of ketones is 1. The van der Waals surface area contributed by atoms with Gasteiger partial charge in [0.05, 0.1) is 17.4 Å². The van der Waals surface area contributed by atoms with Crippen molar-refractivity contribution in [3.63, 3.8) is 0 Å². The molecule has 2 aromatic rings. The van der Waals surface area contributed by atoms with E-state index in [1.165, 1.54) is 11.0 Å². The quantitative estimate of drug-likeness (QED) is 0.474. The van der Waals surface area contributed by atoms with Gasteiger partial charge in [-0.3, -0.25) is 19.4 Å². The molecule has 244 valence electrons. The molecule has 1 aromatic heterocycles. The van der Waals surface area contributed by atoms with Crippen molar-refractivity contribution >= 4 is 46.5 Å². The number of rotatable bonds is 4. The lowest BCUT2D eigenvalue weighted by Gasteiger charge is -2.38. The van der Waals surface area contributed by atoms with Gasteiger partial charge in [-0.1, -0.05) is 0 Å². The minimum Gasteiger partial charge on any atom is -0.482 e. The number of hydrogen-bond donors (Lipinski definition) is 1. The van der Waals surface area contributed by atoms with Crippen molar-refractivity contribution in [1.82, 2.24) is 15.2 Å². The molecule has 46 heavy (non-hydrogen) atoms. The Morgan fingerprint density at radius 2 is 1.91 bits per heavy atom. The molecule has 0 bridgehead atoms. The second-order valence-corrected chi connectivity index (χ2v) is 13.1. The van der Waals surface area contributed by atoms with Crippen molar-refractivity contribution in [2.75, 3.05) is 29.4 Å². The Morgan fingerprint density at radius 3 is 2.57 bits per heavy atom. The van der Waals surface area contributed by atoms with Crippen molar-refractivity contribution in [3.05, 3.63) is 47.3 Å². The molecule has 2 amide bonds. The predicted octanol–water partition coefficient (Wildman–Crippen LogP) is 4.36.